The fraction of sp³-hybridized carbons (Fsp3) is 0.111. The summed E-state index contributed by atoms with van der Waals surface area (Å²) in [5, 5.41) is 2.11. The van der Waals surface area contributed by atoms with E-state index in [1.54, 1.807) is 11.3 Å². The first kappa shape index (κ1) is 8.48. The summed E-state index contributed by atoms with van der Waals surface area (Å²) < 4.78 is 1.22. The third-order valence-electron chi connectivity index (χ3n) is 1.62. The lowest BCUT2D eigenvalue weighted by atomic mass is 10.4. The first-order valence-electron chi connectivity index (χ1n) is 3.57. The molecule has 0 atom stereocenters. The van der Waals surface area contributed by atoms with Gasteiger partial charge in [0, 0.05) is 19.1 Å². The van der Waals surface area contributed by atoms with Gasteiger partial charge in [-0.25, -0.2) is 0 Å². The molecule has 2 heterocycles. The van der Waals surface area contributed by atoms with E-state index >= 15 is 0 Å². The Kier molecular flexibility index (Phi) is 2.35. The number of aryl methyl sites for hydroxylation is 1. The van der Waals surface area contributed by atoms with Crippen molar-refractivity contribution in [3.05, 3.63) is 32.9 Å². The summed E-state index contributed by atoms with van der Waals surface area (Å²) in [6.45, 7) is 2.13. The summed E-state index contributed by atoms with van der Waals surface area (Å²) in [6.07, 6.45) is 0. The standard InChI is InChI=1S/C9H7BrS2/c1-6-7(10)5-9(12-6)8-3-2-4-11-8/h2-5H,1H3. The zero-order valence-corrected chi connectivity index (χ0v) is 9.72. The second-order valence-corrected chi connectivity index (χ2v) is 5.55. The lowest BCUT2D eigenvalue weighted by molar-refractivity contribution is 1.59. The number of halogens is 1. The Morgan fingerprint density at radius 2 is 2.17 bits per heavy atom. The Balaban J connectivity index is 2.48. The quantitative estimate of drug-likeness (QED) is 0.704. The van der Waals surface area contributed by atoms with Gasteiger partial charge in [0.2, 0.25) is 0 Å². The lowest BCUT2D eigenvalue weighted by Crippen LogP contribution is -1.56. The van der Waals surface area contributed by atoms with Crippen molar-refractivity contribution in [2.75, 3.05) is 0 Å². The molecule has 0 saturated heterocycles. The second kappa shape index (κ2) is 3.32. The molecule has 62 valence electrons. The van der Waals surface area contributed by atoms with Crippen LogP contribution >= 0.6 is 38.6 Å². The molecule has 0 aliphatic rings. The van der Waals surface area contributed by atoms with Crippen molar-refractivity contribution in [3.8, 4) is 9.75 Å². The topological polar surface area (TPSA) is 0 Å². The molecular weight excluding hydrogens is 252 g/mol. The monoisotopic (exact) mass is 258 g/mol. The molecule has 0 N–H and O–H groups in total. The zero-order chi connectivity index (χ0) is 8.55. The van der Waals surface area contributed by atoms with E-state index in [4.69, 9.17) is 0 Å². The first-order chi connectivity index (χ1) is 5.77. The highest BCUT2D eigenvalue weighted by Gasteiger charge is 2.04. The van der Waals surface area contributed by atoms with E-state index in [9.17, 15) is 0 Å². The number of hydrogen-bond donors (Lipinski definition) is 0. The summed E-state index contributed by atoms with van der Waals surface area (Å²) in [5.41, 5.74) is 0. The van der Waals surface area contributed by atoms with Gasteiger partial charge in [0.05, 0.1) is 0 Å². The van der Waals surface area contributed by atoms with Crippen LogP contribution in [0.5, 0.6) is 0 Å². The van der Waals surface area contributed by atoms with Gasteiger partial charge < -0.3 is 0 Å². The van der Waals surface area contributed by atoms with Crippen LogP contribution < -0.4 is 0 Å². The van der Waals surface area contributed by atoms with Crippen LogP contribution in [0.25, 0.3) is 9.75 Å². The Labute approximate surface area is 88.0 Å². The van der Waals surface area contributed by atoms with E-state index in [0.29, 0.717) is 0 Å². The number of thiophene rings is 2. The van der Waals surface area contributed by atoms with Gasteiger partial charge in [-0.05, 0) is 40.4 Å². The third-order valence-corrected chi connectivity index (χ3v) is 4.82. The van der Waals surface area contributed by atoms with Crippen molar-refractivity contribution in [2.45, 2.75) is 6.92 Å². The summed E-state index contributed by atoms with van der Waals surface area (Å²) in [6, 6.07) is 6.43. The van der Waals surface area contributed by atoms with Crippen molar-refractivity contribution < 1.29 is 0 Å². The highest BCUT2D eigenvalue weighted by molar-refractivity contribution is 9.10. The Morgan fingerprint density at radius 3 is 2.67 bits per heavy atom. The molecule has 0 aliphatic heterocycles. The van der Waals surface area contributed by atoms with Crippen LogP contribution in [0.15, 0.2) is 28.1 Å². The van der Waals surface area contributed by atoms with Gasteiger partial charge >= 0.3 is 0 Å². The van der Waals surface area contributed by atoms with Crippen molar-refractivity contribution in [2.24, 2.45) is 0 Å². The predicted molar refractivity (Wildman–Crippen MR) is 60.1 cm³/mol. The maximum atomic E-state index is 3.52. The minimum Gasteiger partial charge on any atom is -0.143 e. The maximum absolute atomic E-state index is 3.52. The average Bonchev–Trinajstić information content (AvgIpc) is 2.61. The molecule has 2 aromatic heterocycles. The fourth-order valence-corrected chi connectivity index (χ4v) is 3.36. The minimum absolute atomic E-state index is 1.22. The van der Waals surface area contributed by atoms with Crippen LogP contribution in [0.4, 0.5) is 0 Å². The van der Waals surface area contributed by atoms with Crippen LogP contribution in [0.2, 0.25) is 0 Å². The van der Waals surface area contributed by atoms with Gasteiger partial charge in [0.1, 0.15) is 0 Å². The highest BCUT2D eigenvalue weighted by Crippen LogP contribution is 2.35. The molecule has 2 rings (SSSR count). The molecule has 0 fully saturated rings. The van der Waals surface area contributed by atoms with Gasteiger partial charge in [-0.1, -0.05) is 6.07 Å². The summed E-state index contributed by atoms with van der Waals surface area (Å²) in [7, 11) is 0. The van der Waals surface area contributed by atoms with Crippen LogP contribution in [-0.4, -0.2) is 0 Å². The lowest BCUT2D eigenvalue weighted by Gasteiger charge is -1.85. The molecule has 0 amide bonds. The normalized spacial score (nSPS) is 10.5. The zero-order valence-electron chi connectivity index (χ0n) is 6.50. The molecule has 0 nitrogen and oxygen atoms in total. The van der Waals surface area contributed by atoms with Gasteiger partial charge in [0.25, 0.3) is 0 Å². The predicted octanol–water partition coefficient (Wildman–Crippen LogP) is 4.55. The van der Waals surface area contributed by atoms with Gasteiger partial charge in [-0.15, -0.1) is 22.7 Å². The highest BCUT2D eigenvalue weighted by atomic mass is 79.9. The van der Waals surface area contributed by atoms with E-state index in [2.05, 4.69) is 46.4 Å². The maximum Gasteiger partial charge on any atom is 0.0456 e. The van der Waals surface area contributed by atoms with Gasteiger partial charge in [-0.2, -0.15) is 0 Å². The molecule has 12 heavy (non-hydrogen) atoms. The third kappa shape index (κ3) is 1.49. The number of rotatable bonds is 1. The van der Waals surface area contributed by atoms with Crippen LogP contribution in [-0.2, 0) is 0 Å². The van der Waals surface area contributed by atoms with E-state index in [1.165, 1.54) is 19.1 Å². The number of hydrogen-bond acceptors (Lipinski definition) is 2. The average molecular weight is 259 g/mol. The van der Waals surface area contributed by atoms with Crippen LogP contribution in [0.1, 0.15) is 4.88 Å². The molecule has 0 bridgehead atoms. The summed E-state index contributed by atoms with van der Waals surface area (Å²) >= 11 is 7.14. The molecule has 0 unspecified atom stereocenters. The molecule has 3 heteroatoms. The Bertz CT molecular complexity index is 354. The first-order valence-corrected chi connectivity index (χ1v) is 6.06. The van der Waals surface area contributed by atoms with Crippen LogP contribution in [0.3, 0.4) is 0 Å². The second-order valence-electron chi connectivity index (χ2n) is 2.49. The Morgan fingerprint density at radius 1 is 1.33 bits per heavy atom. The molecule has 0 aromatic carbocycles. The SMILES string of the molecule is Cc1sc(-c2cccs2)cc1Br. The van der Waals surface area contributed by atoms with Gasteiger partial charge in [0.15, 0.2) is 0 Å². The summed E-state index contributed by atoms with van der Waals surface area (Å²) in [5.74, 6) is 0. The molecule has 2 aromatic rings. The smallest absolute Gasteiger partial charge is 0.0456 e. The van der Waals surface area contributed by atoms with Gasteiger partial charge in [-0.3, -0.25) is 0 Å². The van der Waals surface area contributed by atoms with E-state index in [-0.39, 0.29) is 0 Å². The van der Waals surface area contributed by atoms with E-state index in [0.717, 1.165) is 0 Å². The van der Waals surface area contributed by atoms with Crippen LogP contribution in [0, 0.1) is 6.92 Å². The Hall–Kier alpha value is -0.120. The van der Waals surface area contributed by atoms with E-state index < -0.39 is 0 Å². The molecular formula is C9H7BrS2. The molecule has 0 spiro atoms. The van der Waals surface area contributed by atoms with Crippen molar-refractivity contribution in [1.29, 1.82) is 0 Å². The van der Waals surface area contributed by atoms with E-state index in [1.807, 2.05) is 11.3 Å². The van der Waals surface area contributed by atoms with Crippen molar-refractivity contribution >= 4 is 38.6 Å². The van der Waals surface area contributed by atoms with Crippen molar-refractivity contribution in [1.82, 2.24) is 0 Å². The largest absolute Gasteiger partial charge is 0.143 e. The molecule has 0 aliphatic carbocycles. The molecule has 0 radical (unpaired) electrons. The minimum atomic E-state index is 1.22. The molecule has 0 saturated carbocycles. The fourth-order valence-electron chi connectivity index (χ4n) is 1.00. The van der Waals surface area contributed by atoms with Crippen molar-refractivity contribution in [3.63, 3.8) is 0 Å². The summed E-state index contributed by atoms with van der Waals surface area (Å²) in [4.78, 5) is 4.06.